The van der Waals surface area contributed by atoms with Gasteiger partial charge >= 0.3 is 5.97 Å². The summed E-state index contributed by atoms with van der Waals surface area (Å²) < 4.78 is 15.3. The van der Waals surface area contributed by atoms with Crippen molar-refractivity contribution < 1.29 is 28.6 Å². The molecule has 148 valence electrons. The van der Waals surface area contributed by atoms with Crippen molar-refractivity contribution in [1.82, 2.24) is 5.32 Å². The average Bonchev–Trinajstić information content (AvgIpc) is 2.71. The van der Waals surface area contributed by atoms with Crippen LogP contribution in [0.1, 0.15) is 17.3 Å². The molecule has 2 aromatic rings. The molecule has 2 aromatic carbocycles. The Kier molecular flexibility index (Phi) is 7.83. The van der Waals surface area contributed by atoms with E-state index in [-0.39, 0.29) is 6.54 Å². The van der Waals surface area contributed by atoms with Crippen molar-refractivity contribution in [2.45, 2.75) is 6.92 Å². The standard InChI is InChI=1S/C20H22N2O6/c1-3-27-17-7-5-4-6-16(17)20(25)21-12-19(24)28-13-18(23)22-14-8-10-15(26-2)11-9-14/h4-11H,3,12-13H2,1-2H3,(H,21,25)(H,22,23). The number of ether oxygens (including phenoxy) is 3. The SMILES string of the molecule is CCOc1ccccc1C(=O)NCC(=O)OCC(=O)Nc1ccc(OC)cc1. The Morgan fingerprint density at radius 1 is 1.00 bits per heavy atom. The molecule has 0 fully saturated rings. The van der Waals surface area contributed by atoms with Crippen molar-refractivity contribution in [2.75, 3.05) is 32.2 Å². The number of esters is 1. The Morgan fingerprint density at radius 2 is 1.71 bits per heavy atom. The lowest BCUT2D eigenvalue weighted by atomic mass is 10.2. The van der Waals surface area contributed by atoms with Crippen molar-refractivity contribution >= 4 is 23.5 Å². The molecule has 0 saturated carbocycles. The van der Waals surface area contributed by atoms with Gasteiger partial charge in [-0.2, -0.15) is 0 Å². The van der Waals surface area contributed by atoms with Crippen LogP contribution in [0.2, 0.25) is 0 Å². The van der Waals surface area contributed by atoms with Gasteiger partial charge in [0.2, 0.25) is 0 Å². The minimum atomic E-state index is -0.730. The summed E-state index contributed by atoms with van der Waals surface area (Å²) in [5.74, 6) is -0.608. The summed E-state index contributed by atoms with van der Waals surface area (Å²) in [5.41, 5.74) is 0.858. The van der Waals surface area contributed by atoms with Gasteiger partial charge in [0.25, 0.3) is 11.8 Å². The van der Waals surface area contributed by atoms with E-state index in [1.54, 1.807) is 55.6 Å². The molecule has 0 saturated heterocycles. The summed E-state index contributed by atoms with van der Waals surface area (Å²) in [4.78, 5) is 35.8. The van der Waals surface area contributed by atoms with Gasteiger partial charge in [-0.3, -0.25) is 14.4 Å². The number of carbonyl (C=O) groups excluding carboxylic acids is 3. The predicted molar refractivity (Wildman–Crippen MR) is 103 cm³/mol. The first-order valence-corrected chi connectivity index (χ1v) is 8.63. The van der Waals surface area contributed by atoms with Crippen LogP contribution in [-0.2, 0) is 14.3 Å². The first kappa shape index (κ1) is 20.8. The Balaban J connectivity index is 1.76. The van der Waals surface area contributed by atoms with Crippen LogP contribution in [0.25, 0.3) is 0 Å². The summed E-state index contributed by atoms with van der Waals surface area (Å²) >= 11 is 0. The molecule has 0 aromatic heterocycles. The van der Waals surface area contributed by atoms with E-state index in [1.807, 2.05) is 6.92 Å². The van der Waals surface area contributed by atoms with Gasteiger partial charge in [0.05, 0.1) is 19.3 Å². The number of para-hydroxylation sites is 1. The maximum Gasteiger partial charge on any atom is 0.325 e. The molecule has 0 aliphatic rings. The summed E-state index contributed by atoms with van der Waals surface area (Å²) in [5, 5.41) is 5.03. The van der Waals surface area contributed by atoms with E-state index in [0.29, 0.717) is 29.4 Å². The van der Waals surface area contributed by atoms with E-state index in [1.165, 1.54) is 0 Å². The highest BCUT2D eigenvalue weighted by molar-refractivity contribution is 5.98. The van der Waals surface area contributed by atoms with Gasteiger partial charge in [-0.15, -0.1) is 0 Å². The zero-order valence-corrected chi connectivity index (χ0v) is 15.7. The molecule has 2 amide bonds. The predicted octanol–water partition coefficient (Wildman–Crippen LogP) is 2.01. The molecule has 8 heteroatoms. The molecule has 8 nitrogen and oxygen atoms in total. The lowest BCUT2D eigenvalue weighted by molar-refractivity contribution is -0.146. The first-order valence-electron chi connectivity index (χ1n) is 8.63. The maximum atomic E-state index is 12.2. The van der Waals surface area contributed by atoms with Gasteiger partial charge in [0.15, 0.2) is 6.61 Å². The lowest BCUT2D eigenvalue weighted by Crippen LogP contribution is -2.32. The molecular weight excluding hydrogens is 364 g/mol. The minimum absolute atomic E-state index is 0.314. The zero-order chi connectivity index (χ0) is 20.4. The number of nitrogens with one attached hydrogen (secondary N) is 2. The number of benzene rings is 2. The zero-order valence-electron chi connectivity index (χ0n) is 15.7. The quantitative estimate of drug-likeness (QED) is 0.639. The Morgan fingerprint density at radius 3 is 2.39 bits per heavy atom. The Labute approximate surface area is 162 Å². The van der Waals surface area contributed by atoms with Gasteiger partial charge < -0.3 is 24.8 Å². The van der Waals surface area contributed by atoms with Crippen LogP contribution in [0, 0.1) is 0 Å². The van der Waals surface area contributed by atoms with Crippen LogP contribution >= 0.6 is 0 Å². The molecule has 0 atom stereocenters. The average molecular weight is 386 g/mol. The number of hydrogen-bond acceptors (Lipinski definition) is 6. The number of hydrogen-bond donors (Lipinski definition) is 2. The van der Waals surface area contributed by atoms with Crippen molar-refractivity contribution in [2.24, 2.45) is 0 Å². The monoisotopic (exact) mass is 386 g/mol. The molecule has 0 heterocycles. The summed E-state index contributed by atoms with van der Waals surface area (Å²) in [6.45, 7) is 1.39. The third kappa shape index (κ3) is 6.31. The van der Waals surface area contributed by atoms with Crippen molar-refractivity contribution in [1.29, 1.82) is 0 Å². The second-order valence-electron chi connectivity index (χ2n) is 5.55. The molecule has 2 rings (SSSR count). The smallest absolute Gasteiger partial charge is 0.325 e. The van der Waals surface area contributed by atoms with E-state index < -0.39 is 24.4 Å². The third-order valence-electron chi connectivity index (χ3n) is 3.56. The van der Waals surface area contributed by atoms with Crippen LogP contribution in [0.3, 0.4) is 0 Å². The van der Waals surface area contributed by atoms with Gasteiger partial charge in [0.1, 0.15) is 18.0 Å². The molecule has 0 aliphatic heterocycles. The van der Waals surface area contributed by atoms with Crippen molar-refractivity contribution in [3.05, 3.63) is 54.1 Å². The number of methoxy groups -OCH3 is 1. The Bertz CT molecular complexity index is 820. The highest BCUT2D eigenvalue weighted by Crippen LogP contribution is 2.17. The normalized spacial score (nSPS) is 9.93. The molecule has 0 spiro atoms. The van der Waals surface area contributed by atoms with Gasteiger partial charge in [-0.25, -0.2) is 0 Å². The lowest BCUT2D eigenvalue weighted by Gasteiger charge is -2.10. The summed E-state index contributed by atoms with van der Waals surface area (Å²) in [7, 11) is 1.54. The fraction of sp³-hybridized carbons (Fsp3) is 0.250. The van der Waals surface area contributed by atoms with Crippen LogP contribution < -0.4 is 20.1 Å². The maximum absolute atomic E-state index is 12.2. The van der Waals surface area contributed by atoms with Crippen LogP contribution in [0.15, 0.2) is 48.5 Å². The van der Waals surface area contributed by atoms with Crippen molar-refractivity contribution in [3.63, 3.8) is 0 Å². The third-order valence-corrected chi connectivity index (χ3v) is 3.56. The molecule has 0 unspecified atom stereocenters. The van der Waals surface area contributed by atoms with Crippen LogP contribution in [0.4, 0.5) is 5.69 Å². The van der Waals surface area contributed by atoms with Crippen molar-refractivity contribution in [3.8, 4) is 11.5 Å². The molecule has 0 aliphatic carbocycles. The van der Waals surface area contributed by atoms with E-state index in [2.05, 4.69) is 10.6 Å². The Hall–Kier alpha value is -3.55. The van der Waals surface area contributed by atoms with Crippen LogP contribution in [-0.4, -0.2) is 44.7 Å². The van der Waals surface area contributed by atoms with E-state index in [0.717, 1.165) is 0 Å². The number of carbonyl (C=O) groups is 3. The van der Waals surface area contributed by atoms with E-state index in [4.69, 9.17) is 14.2 Å². The van der Waals surface area contributed by atoms with Gasteiger partial charge in [-0.1, -0.05) is 12.1 Å². The fourth-order valence-electron chi connectivity index (χ4n) is 2.25. The highest BCUT2D eigenvalue weighted by Gasteiger charge is 2.14. The number of anilines is 1. The topological polar surface area (TPSA) is 103 Å². The molecule has 0 radical (unpaired) electrons. The van der Waals surface area contributed by atoms with E-state index in [9.17, 15) is 14.4 Å². The molecule has 0 bridgehead atoms. The van der Waals surface area contributed by atoms with Gasteiger partial charge in [0, 0.05) is 5.69 Å². The van der Waals surface area contributed by atoms with Crippen LogP contribution in [0.5, 0.6) is 11.5 Å². The molecule has 28 heavy (non-hydrogen) atoms. The second kappa shape index (κ2) is 10.6. The molecular formula is C20H22N2O6. The first-order chi connectivity index (χ1) is 13.5. The second-order valence-corrected chi connectivity index (χ2v) is 5.55. The highest BCUT2D eigenvalue weighted by atomic mass is 16.5. The summed E-state index contributed by atoms with van der Waals surface area (Å²) in [6.07, 6.45) is 0. The van der Waals surface area contributed by atoms with E-state index >= 15 is 0 Å². The number of amides is 2. The minimum Gasteiger partial charge on any atom is -0.497 e. The summed E-state index contributed by atoms with van der Waals surface area (Å²) in [6, 6.07) is 13.4. The van der Waals surface area contributed by atoms with Gasteiger partial charge in [-0.05, 0) is 43.3 Å². The largest absolute Gasteiger partial charge is 0.497 e. The number of rotatable bonds is 9. The molecule has 2 N–H and O–H groups in total. The fourth-order valence-corrected chi connectivity index (χ4v) is 2.25.